The first-order valence-electron chi connectivity index (χ1n) is 7.10. The minimum atomic E-state index is -3.41. The van der Waals surface area contributed by atoms with Gasteiger partial charge in [0.15, 0.2) is 0 Å². The van der Waals surface area contributed by atoms with Crippen molar-refractivity contribution in [2.45, 2.75) is 64.7 Å². The molecule has 0 fully saturated rings. The van der Waals surface area contributed by atoms with E-state index in [1.807, 2.05) is 0 Å². The minimum absolute atomic E-state index is 0. The summed E-state index contributed by atoms with van der Waals surface area (Å²) in [6.45, 7) is 2.37. The van der Waals surface area contributed by atoms with Crippen LogP contribution in [0.25, 0.3) is 0 Å². The first-order chi connectivity index (χ1) is 8.62. The van der Waals surface area contributed by atoms with Crippen molar-refractivity contribution in [3.63, 3.8) is 0 Å². The van der Waals surface area contributed by atoms with E-state index in [4.69, 9.17) is 9.29 Å². The van der Waals surface area contributed by atoms with Crippen molar-refractivity contribution in [3.8, 4) is 0 Å². The standard InChI is InChI=1S/C13H28O4S.Na.H/c1-2-3-4-5-6-7-8-9-12-17-18(15,16)13-10-11-14;;/h14H,2-13H2,1H3;;. The molecular weight excluding hydrogens is 275 g/mol. The second kappa shape index (κ2) is 15.3. The fourth-order valence-electron chi connectivity index (χ4n) is 1.72. The Balaban J connectivity index is 0. The molecule has 0 saturated heterocycles. The predicted molar refractivity (Wildman–Crippen MR) is 81.2 cm³/mol. The van der Waals surface area contributed by atoms with Crippen LogP contribution in [0, 0.1) is 0 Å². The molecule has 0 aliphatic heterocycles. The summed E-state index contributed by atoms with van der Waals surface area (Å²) in [5.41, 5.74) is 0. The van der Waals surface area contributed by atoms with Crippen molar-refractivity contribution in [3.05, 3.63) is 0 Å². The average molecular weight is 304 g/mol. The molecule has 112 valence electrons. The van der Waals surface area contributed by atoms with E-state index in [0.717, 1.165) is 19.3 Å². The number of aliphatic hydroxyl groups is 1. The van der Waals surface area contributed by atoms with Crippen molar-refractivity contribution >= 4 is 39.7 Å². The van der Waals surface area contributed by atoms with Crippen LogP contribution in [0.3, 0.4) is 0 Å². The fraction of sp³-hybridized carbons (Fsp3) is 1.00. The van der Waals surface area contributed by atoms with Crippen LogP contribution < -0.4 is 0 Å². The molecular formula is C13H29NaO4S. The Morgan fingerprint density at radius 1 is 0.895 bits per heavy atom. The van der Waals surface area contributed by atoms with E-state index < -0.39 is 10.1 Å². The summed E-state index contributed by atoms with van der Waals surface area (Å²) in [5.74, 6) is -0.0828. The van der Waals surface area contributed by atoms with Gasteiger partial charge in [-0.1, -0.05) is 51.9 Å². The Kier molecular flexibility index (Phi) is 17.8. The fourth-order valence-corrected chi connectivity index (χ4v) is 2.69. The predicted octanol–water partition coefficient (Wildman–Crippen LogP) is 2.21. The van der Waals surface area contributed by atoms with Crippen LogP contribution in [0.1, 0.15) is 64.7 Å². The number of hydrogen-bond donors (Lipinski definition) is 1. The zero-order valence-electron chi connectivity index (χ0n) is 11.6. The van der Waals surface area contributed by atoms with E-state index in [9.17, 15) is 8.42 Å². The van der Waals surface area contributed by atoms with Crippen molar-refractivity contribution in [1.29, 1.82) is 0 Å². The molecule has 0 heterocycles. The molecule has 0 amide bonds. The van der Waals surface area contributed by atoms with Crippen LogP contribution >= 0.6 is 0 Å². The monoisotopic (exact) mass is 304 g/mol. The summed E-state index contributed by atoms with van der Waals surface area (Å²) in [7, 11) is -3.41. The Morgan fingerprint density at radius 3 is 1.95 bits per heavy atom. The van der Waals surface area contributed by atoms with E-state index in [1.54, 1.807) is 0 Å². The zero-order chi connectivity index (χ0) is 13.7. The maximum absolute atomic E-state index is 11.3. The normalized spacial score (nSPS) is 11.3. The van der Waals surface area contributed by atoms with Gasteiger partial charge >= 0.3 is 29.6 Å². The van der Waals surface area contributed by atoms with Crippen LogP contribution in [-0.4, -0.2) is 62.0 Å². The summed E-state index contributed by atoms with van der Waals surface area (Å²) in [5, 5.41) is 8.54. The van der Waals surface area contributed by atoms with Gasteiger partial charge in [-0.2, -0.15) is 8.42 Å². The third kappa shape index (κ3) is 16.8. The van der Waals surface area contributed by atoms with Gasteiger partial charge in [0.05, 0.1) is 12.4 Å². The molecule has 1 N–H and O–H groups in total. The number of unbranched alkanes of at least 4 members (excludes halogenated alkanes) is 7. The summed E-state index contributed by atoms with van der Waals surface area (Å²) in [6.07, 6.45) is 9.63. The summed E-state index contributed by atoms with van der Waals surface area (Å²) >= 11 is 0. The molecule has 0 bridgehead atoms. The van der Waals surface area contributed by atoms with Gasteiger partial charge in [0.25, 0.3) is 10.1 Å². The molecule has 19 heavy (non-hydrogen) atoms. The Labute approximate surface area is 140 Å². The molecule has 6 heteroatoms. The van der Waals surface area contributed by atoms with E-state index in [2.05, 4.69) is 6.92 Å². The molecule has 0 atom stereocenters. The first-order valence-corrected chi connectivity index (χ1v) is 8.68. The Morgan fingerprint density at radius 2 is 1.42 bits per heavy atom. The van der Waals surface area contributed by atoms with E-state index in [-0.39, 0.29) is 54.9 Å². The van der Waals surface area contributed by atoms with Crippen LogP contribution in [0.4, 0.5) is 0 Å². The third-order valence-corrected chi connectivity index (χ3v) is 4.13. The van der Waals surface area contributed by atoms with E-state index in [1.165, 1.54) is 32.1 Å². The van der Waals surface area contributed by atoms with Crippen LogP contribution in [0.2, 0.25) is 0 Å². The van der Waals surface area contributed by atoms with Gasteiger partial charge in [-0.25, -0.2) is 0 Å². The second-order valence-corrected chi connectivity index (χ2v) is 6.40. The van der Waals surface area contributed by atoms with Crippen molar-refractivity contribution in [1.82, 2.24) is 0 Å². The zero-order valence-corrected chi connectivity index (χ0v) is 12.4. The number of aliphatic hydroxyl groups excluding tert-OH is 1. The maximum atomic E-state index is 11.3. The summed E-state index contributed by atoms with van der Waals surface area (Å²) in [4.78, 5) is 0. The van der Waals surface area contributed by atoms with Gasteiger partial charge in [-0.3, -0.25) is 4.18 Å². The van der Waals surface area contributed by atoms with Crippen molar-refractivity contribution < 1.29 is 17.7 Å². The van der Waals surface area contributed by atoms with Crippen LogP contribution in [-0.2, 0) is 14.3 Å². The van der Waals surface area contributed by atoms with Crippen molar-refractivity contribution in [2.24, 2.45) is 0 Å². The van der Waals surface area contributed by atoms with Gasteiger partial charge < -0.3 is 5.11 Å². The average Bonchev–Trinajstić information content (AvgIpc) is 2.34. The molecule has 0 saturated carbocycles. The van der Waals surface area contributed by atoms with Gasteiger partial charge in [-0.05, 0) is 12.8 Å². The molecule has 0 unspecified atom stereocenters. The summed E-state index contributed by atoms with van der Waals surface area (Å²) in [6, 6.07) is 0. The van der Waals surface area contributed by atoms with E-state index >= 15 is 0 Å². The first kappa shape index (κ1) is 22.2. The van der Waals surface area contributed by atoms with Crippen LogP contribution in [0.15, 0.2) is 0 Å². The Hall–Kier alpha value is 0.870. The molecule has 0 spiro atoms. The topological polar surface area (TPSA) is 63.6 Å². The molecule has 0 radical (unpaired) electrons. The number of rotatable bonds is 13. The molecule has 0 aromatic carbocycles. The molecule has 0 aliphatic carbocycles. The second-order valence-electron chi connectivity index (χ2n) is 4.64. The van der Waals surface area contributed by atoms with Crippen molar-refractivity contribution in [2.75, 3.05) is 19.0 Å². The number of hydrogen-bond acceptors (Lipinski definition) is 4. The van der Waals surface area contributed by atoms with Gasteiger partial charge in [0.2, 0.25) is 0 Å². The molecule has 0 aliphatic rings. The van der Waals surface area contributed by atoms with Gasteiger partial charge in [-0.15, -0.1) is 0 Å². The van der Waals surface area contributed by atoms with Gasteiger partial charge in [0, 0.05) is 6.61 Å². The quantitative estimate of drug-likeness (QED) is 0.322. The third-order valence-electron chi connectivity index (χ3n) is 2.81. The molecule has 0 aromatic heterocycles. The SMILES string of the molecule is CCCCCCCCCCOS(=O)(=O)CCCO.[NaH]. The molecule has 0 rings (SSSR count). The Bertz CT molecular complexity index is 268. The molecule has 4 nitrogen and oxygen atoms in total. The molecule has 0 aromatic rings. The summed E-state index contributed by atoms with van der Waals surface area (Å²) < 4.78 is 27.4. The van der Waals surface area contributed by atoms with Gasteiger partial charge in [0.1, 0.15) is 0 Å². The van der Waals surface area contributed by atoms with E-state index in [0.29, 0.717) is 0 Å². The van der Waals surface area contributed by atoms with Crippen LogP contribution in [0.5, 0.6) is 0 Å².